The molecule has 2 heteroatoms. The maximum atomic E-state index is 8.83. The SMILES string of the molecule is CC(CCO)CNC1CCCCCCC1. The molecule has 1 saturated carbocycles. The van der Waals surface area contributed by atoms with E-state index in [1.54, 1.807) is 0 Å². The Kier molecular flexibility index (Phi) is 7.03. The van der Waals surface area contributed by atoms with Gasteiger partial charge in [0.2, 0.25) is 0 Å². The van der Waals surface area contributed by atoms with Gasteiger partial charge in [-0.2, -0.15) is 0 Å². The maximum Gasteiger partial charge on any atom is 0.0434 e. The molecule has 2 nitrogen and oxygen atoms in total. The number of hydrogen-bond donors (Lipinski definition) is 2. The van der Waals surface area contributed by atoms with Crippen LogP contribution in [-0.4, -0.2) is 24.3 Å². The second-order valence-corrected chi connectivity index (χ2v) is 5.07. The van der Waals surface area contributed by atoms with Crippen LogP contribution >= 0.6 is 0 Å². The average Bonchev–Trinajstić information content (AvgIpc) is 2.16. The monoisotopic (exact) mass is 213 g/mol. The van der Waals surface area contributed by atoms with Crippen LogP contribution in [0.3, 0.4) is 0 Å². The molecule has 0 radical (unpaired) electrons. The molecule has 15 heavy (non-hydrogen) atoms. The standard InChI is InChI=1S/C13H27NO/c1-12(9-10-15)11-14-13-7-5-3-2-4-6-8-13/h12-15H,2-11H2,1H3. The van der Waals surface area contributed by atoms with Crippen LogP contribution in [0, 0.1) is 5.92 Å². The lowest BCUT2D eigenvalue weighted by atomic mass is 9.96. The Bertz CT molecular complexity index is 141. The van der Waals surface area contributed by atoms with Gasteiger partial charge < -0.3 is 10.4 Å². The van der Waals surface area contributed by atoms with E-state index in [0.29, 0.717) is 12.5 Å². The molecule has 1 atom stereocenters. The van der Waals surface area contributed by atoms with Crippen molar-refractivity contribution in [1.29, 1.82) is 0 Å². The number of nitrogens with one attached hydrogen (secondary N) is 1. The molecular formula is C13H27NO. The molecule has 0 aromatic carbocycles. The van der Waals surface area contributed by atoms with E-state index in [9.17, 15) is 0 Å². The van der Waals surface area contributed by atoms with Crippen molar-refractivity contribution in [3.63, 3.8) is 0 Å². The van der Waals surface area contributed by atoms with Crippen LogP contribution in [0.4, 0.5) is 0 Å². The summed E-state index contributed by atoms with van der Waals surface area (Å²) < 4.78 is 0. The summed E-state index contributed by atoms with van der Waals surface area (Å²) in [6.45, 7) is 3.62. The molecule has 2 N–H and O–H groups in total. The van der Waals surface area contributed by atoms with E-state index in [0.717, 1.165) is 19.0 Å². The summed E-state index contributed by atoms with van der Waals surface area (Å²) in [4.78, 5) is 0. The van der Waals surface area contributed by atoms with Crippen molar-refractivity contribution in [3.8, 4) is 0 Å². The van der Waals surface area contributed by atoms with Crippen molar-refractivity contribution in [3.05, 3.63) is 0 Å². The van der Waals surface area contributed by atoms with Gasteiger partial charge in [-0.3, -0.25) is 0 Å². The summed E-state index contributed by atoms with van der Waals surface area (Å²) in [5, 5.41) is 12.5. The molecule has 1 aliphatic carbocycles. The lowest BCUT2D eigenvalue weighted by Gasteiger charge is -2.22. The first-order valence-electron chi connectivity index (χ1n) is 6.67. The molecule has 0 aliphatic heterocycles. The Morgan fingerprint density at radius 3 is 2.33 bits per heavy atom. The molecule has 0 saturated heterocycles. The molecule has 1 fully saturated rings. The topological polar surface area (TPSA) is 32.3 Å². The highest BCUT2D eigenvalue weighted by atomic mass is 16.3. The highest BCUT2D eigenvalue weighted by Gasteiger charge is 2.11. The zero-order valence-corrected chi connectivity index (χ0v) is 10.2. The first-order valence-corrected chi connectivity index (χ1v) is 6.67. The Labute approximate surface area is 94.5 Å². The van der Waals surface area contributed by atoms with E-state index in [1.807, 2.05) is 0 Å². The summed E-state index contributed by atoms with van der Waals surface area (Å²) in [5.41, 5.74) is 0. The van der Waals surface area contributed by atoms with Gasteiger partial charge in [0.25, 0.3) is 0 Å². The van der Waals surface area contributed by atoms with Crippen molar-refractivity contribution in [2.24, 2.45) is 5.92 Å². The van der Waals surface area contributed by atoms with Crippen molar-refractivity contribution in [2.75, 3.05) is 13.2 Å². The summed E-state index contributed by atoms with van der Waals surface area (Å²) in [7, 11) is 0. The third-order valence-corrected chi connectivity index (χ3v) is 3.48. The normalized spacial score (nSPS) is 22.0. The minimum Gasteiger partial charge on any atom is -0.396 e. The second-order valence-electron chi connectivity index (χ2n) is 5.07. The fraction of sp³-hybridized carbons (Fsp3) is 1.00. The van der Waals surface area contributed by atoms with Crippen molar-refractivity contribution < 1.29 is 5.11 Å². The molecule has 1 rings (SSSR count). The Hall–Kier alpha value is -0.0800. The smallest absolute Gasteiger partial charge is 0.0434 e. The molecule has 1 aliphatic rings. The van der Waals surface area contributed by atoms with Crippen molar-refractivity contribution in [1.82, 2.24) is 5.32 Å². The molecule has 0 spiro atoms. The van der Waals surface area contributed by atoms with Crippen molar-refractivity contribution >= 4 is 0 Å². The van der Waals surface area contributed by atoms with Gasteiger partial charge in [-0.1, -0.05) is 39.0 Å². The average molecular weight is 213 g/mol. The lowest BCUT2D eigenvalue weighted by Crippen LogP contribution is -2.33. The summed E-state index contributed by atoms with van der Waals surface area (Å²) in [6.07, 6.45) is 10.7. The first-order chi connectivity index (χ1) is 7.33. The molecule has 90 valence electrons. The minimum absolute atomic E-state index is 0.327. The van der Waals surface area contributed by atoms with E-state index in [-0.39, 0.29) is 0 Å². The van der Waals surface area contributed by atoms with E-state index in [2.05, 4.69) is 12.2 Å². The summed E-state index contributed by atoms with van der Waals surface area (Å²) in [6, 6.07) is 0.742. The third kappa shape index (κ3) is 6.16. The van der Waals surface area contributed by atoms with Gasteiger partial charge in [-0.05, 0) is 31.7 Å². The van der Waals surface area contributed by atoms with E-state index in [4.69, 9.17) is 5.11 Å². The highest BCUT2D eigenvalue weighted by molar-refractivity contribution is 4.71. The second kappa shape index (κ2) is 8.12. The van der Waals surface area contributed by atoms with Gasteiger partial charge in [0.05, 0.1) is 0 Å². The fourth-order valence-electron chi connectivity index (χ4n) is 2.35. The zero-order valence-electron chi connectivity index (χ0n) is 10.2. The lowest BCUT2D eigenvalue weighted by molar-refractivity contribution is 0.255. The van der Waals surface area contributed by atoms with Crippen LogP contribution in [0.25, 0.3) is 0 Å². The van der Waals surface area contributed by atoms with Crippen LogP contribution < -0.4 is 5.32 Å². The largest absolute Gasteiger partial charge is 0.396 e. The number of aliphatic hydroxyl groups is 1. The first kappa shape index (κ1) is 13.0. The molecular weight excluding hydrogens is 186 g/mol. The summed E-state index contributed by atoms with van der Waals surface area (Å²) in [5.74, 6) is 0.612. The van der Waals surface area contributed by atoms with Crippen LogP contribution in [-0.2, 0) is 0 Å². The molecule has 0 aromatic heterocycles. The van der Waals surface area contributed by atoms with Gasteiger partial charge in [0.15, 0.2) is 0 Å². The van der Waals surface area contributed by atoms with Gasteiger partial charge in [-0.25, -0.2) is 0 Å². The van der Waals surface area contributed by atoms with Crippen LogP contribution in [0.5, 0.6) is 0 Å². The van der Waals surface area contributed by atoms with Crippen LogP contribution in [0.2, 0.25) is 0 Å². The highest BCUT2D eigenvalue weighted by Crippen LogP contribution is 2.17. The number of rotatable bonds is 5. The van der Waals surface area contributed by atoms with E-state index in [1.165, 1.54) is 44.9 Å². The predicted octanol–water partition coefficient (Wildman–Crippen LogP) is 2.71. The van der Waals surface area contributed by atoms with Crippen LogP contribution in [0.1, 0.15) is 58.3 Å². The van der Waals surface area contributed by atoms with E-state index >= 15 is 0 Å². The van der Waals surface area contributed by atoms with Gasteiger partial charge in [0, 0.05) is 12.6 Å². The third-order valence-electron chi connectivity index (χ3n) is 3.48. The maximum absolute atomic E-state index is 8.83. The fourth-order valence-corrected chi connectivity index (χ4v) is 2.35. The molecule has 0 heterocycles. The molecule has 0 bridgehead atoms. The van der Waals surface area contributed by atoms with Crippen molar-refractivity contribution in [2.45, 2.75) is 64.3 Å². The number of hydrogen-bond acceptors (Lipinski definition) is 2. The molecule has 0 amide bonds. The Morgan fingerprint density at radius 1 is 1.13 bits per heavy atom. The van der Waals surface area contributed by atoms with Gasteiger partial charge in [0.1, 0.15) is 0 Å². The molecule has 1 unspecified atom stereocenters. The molecule has 0 aromatic rings. The quantitative estimate of drug-likeness (QED) is 0.736. The Balaban J connectivity index is 2.11. The minimum atomic E-state index is 0.327. The van der Waals surface area contributed by atoms with Gasteiger partial charge >= 0.3 is 0 Å². The predicted molar refractivity (Wildman–Crippen MR) is 65.0 cm³/mol. The van der Waals surface area contributed by atoms with Gasteiger partial charge in [-0.15, -0.1) is 0 Å². The Morgan fingerprint density at radius 2 is 1.73 bits per heavy atom. The number of aliphatic hydroxyl groups excluding tert-OH is 1. The van der Waals surface area contributed by atoms with Crippen LogP contribution in [0.15, 0.2) is 0 Å². The van der Waals surface area contributed by atoms with E-state index < -0.39 is 0 Å². The summed E-state index contributed by atoms with van der Waals surface area (Å²) >= 11 is 0. The zero-order chi connectivity index (χ0) is 10.9.